The molecule has 0 aromatic heterocycles. The van der Waals surface area contributed by atoms with E-state index in [2.05, 4.69) is 47.6 Å². The van der Waals surface area contributed by atoms with Crippen molar-refractivity contribution in [2.75, 3.05) is 13.2 Å². The average Bonchev–Trinajstić information content (AvgIpc) is 3.37. The molecule has 7 aliphatic rings. The Labute approximate surface area is 312 Å². The van der Waals surface area contributed by atoms with E-state index in [1.165, 1.54) is 5.57 Å². The maximum Gasteiger partial charge on any atom is 0.310 e. The summed E-state index contributed by atoms with van der Waals surface area (Å²) in [6.07, 6.45) is -4.15. The Morgan fingerprint density at radius 1 is 0.811 bits per heavy atom. The number of hydrogen-bond acceptors (Lipinski definition) is 12. The first-order valence-electron chi connectivity index (χ1n) is 20.0. The second-order valence-corrected chi connectivity index (χ2v) is 19.4. The third-order valence-corrected chi connectivity index (χ3v) is 16.7. The van der Waals surface area contributed by atoms with Crippen LogP contribution < -0.4 is 0 Å². The summed E-state index contributed by atoms with van der Waals surface area (Å²) in [6, 6.07) is 0. The molecule has 2 aliphatic heterocycles. The lowest BCUT2D eigenvalue weighted by molar-refractivity contribution is -0.351. The molecule has 7 rings (SSSR count). The van der Waals surface area contributed by atoms with E-state index in [4.69, 9.17) is 18.9 Å². The number of fused-ring (bicyclic) bond motifs is 7. The molecular weight excluding hydrogens is 688 g/mol. The first kappa shape index (κ1) is 40.0. The van der Waals surface area contributed by atoms with E-state index in [0.29, 0.717) is 25.2 Å². The topological polar surface area (TPSA) is 216 Å². The fraction of sp³-hybridized carbons (Fsp3) is 0.925. The van der Waals surface area contributed by atoms with Gasteiger partial charge in [0.15, 0.2) is 12.6 Å². The summed E-state index contributed by atoms with van der Waals surface area (Å²) in [5.74, 6) is -0.181. The molecule has 6 fully saturated rings. The molecule has 302 valence electrons. The van der Waals surface area contributed by atoms with Crippen molar-refractivity contribution in [1.82, 2.24) is 0 Å². The van der Waals surface area contributed by atoms with Crippen LogP contribution in [-0.4, -0.2) is 128 Å². The average molecular weight is 753 g/mol. The van der Waals surface area contributed by atoms with Gasteiger partial charge in [-0.05, 0) is 103 Å². The predicted octanol–water partition coefficient (Wildman–Crippen LogP) is 2.10. The maximum atomic E-state index is 13.0. The van der Waals surface area contributed by atoms with Crippen LogP contribution in [0.2, 0.25) is 0 Å². The SMILES string of the molecule is CC1C(OC2OC(CO)C(O)C(O)C2OC2OC(CO)C(O)C2O)CCC2(C)C1CCC1(C)C2CC=C2C3CC(C)(C)C(O)CC3(C(=O)O)CCC21C. The van der Waals surface area contributed by atoms with Crippen molar-refractivity contribution in [2.24, 2.45) is 50.7 Å². The summed E-state index contributed by atoms with van der Waals surface area (Å²) in [7, 11) is 0. The van der Waals surface area contributed by atoms with Crippen LogP contribution in [-0.2, 0) is 23.7 Å². The van der Waals surface area contributed by atoms with Crippen molar-refractivity contribution in [3.8, 4) is 0 Å². The Morgan fingerprint density at radius 2 is 1.45 bits per heavy atom. The normalized spacial score (nSPS) is 54.9. The van der Waals surface area contributed by atoms with Gasteiger partial charge in [-0.25, -0.2) is 0 Å². The molecule has 0 amide bonds. The van der Waals surface area contributed by atoms with E-state index in [1.807, 2.05) is 0 Å². The monoisotopic (exact) mass is 752 g/mol. The number of ether oxygens (including phenoxy) is 4. The molecule has 53 heavy (non-hydrogen) atoms. The van der Waals surface area contributed by atoms with Gasteiger partial charge in [0.2, 0.25) is 0 Å². The third-order valence-electron chi connectivity index (χ3n) is 16.7. The highest BCUT2D eigenvalue weighted by atomic mass is 16.8. The van der Waals surface area contributed by atoms with Gasteiger partial charge in [-0.15, -0.1) is 0 Å². The third kappa shape index (κ3) is 5.84. The van der Waals surface area contributed by atoms with Crippen molar-refractivity contribution >= 4 is 5.97 Å². The Hall–Kier alpha value is -1.23. The highest BCUT2D eigenvalue weighted by Crippen LogP contribution is 2.75. The molecule has 13 heteroatoms. The standard InChI is InChI=1S/C40H64O13/c1-19-20-9-12-39(6)26(8-7-21-22-15-36(2,3)27(43)16-40(22,35(48)49)14-13-38(21,39)5)37(20,4)11-10-23(19)50-34-32(30(46)28(44)24(17-41)52-34)53-33-31(47)29(45)25(18-42)51-33/h7,19-20,22-34,41-47H,8-18H2,1-6H3,(H,48,49). The van der Waals surface area contributed by atoms with Gasteiger partial charge >= 0.3 is 5.97 Å². The predicted molar refractivity (Wildman–Crippen MR) is 189 cm³/mol. The smallest absolute Gasteiger partial charge is 0.310 e. The van der Waals surface area contributed by atoms with Crippen LogP contribution in [0.5, 0.6) is 0 Å². The minimum atomic E-state index is -1.57. The molecule has 0 aromatic rings. The maximum absolute atomic E-state index is 13.0. The molecule has 0 aromatic carbocycles. The summed E-state index contributed by atoms with van der Waals surface area (Å²) < 4.78 is 24.1. The number of allylic oxidation sites excluding steroid dienone is 2. The van der Waals surface area contributed by atoms with Crippen molar-refractivity contribution in [3.63, 3.8) is 0 Å². The van der Waals surface area contributed by atoms with Gasteiger partial charge in [0.05, 0.1) is 30.8 Å². The fourth-order valence-electron chi connectivity index (χ4n) is 13.0. The second-order valence-electron chi connectivity index (χ2n) is 19.4. The molecule has 13 nitrogen and oxygen atoms in total. The molecule has 0 spiro atoms. The number of carbonyl (C=O) groups is 1. The highest BCUT2D eigenvalue weighted by molar-refractivity contribution is 5.77. The molecule has 4 saturated carbocycles. The Balaban J connectivity index is 1.13. The number of carboxylic acid groups (broad SMARTS) is 1. The van der Waals surface area contributed by atoms with Gasteiger partial charge in [0.25, 0.3) is 0 Å². The van der Waals surface area contributed by atoms with Gasteiger partial charge in [-0.2, -0.15) is 0 Å². The lowest BCUT2D eigenvalue weighted by Gasteiger charge is -2.70. The molecule has 19 unspecified atom stereocenters. The van der Waals surface area contributed by atoms with Crippen molar-refractivity contribution < 1.29 is 64.6 Å². The number of rotatable bonds is 7. The van der Waals surface area contributed by atoms with Crippen LogP contribution in [0, 0.1) is 50.7 Å². The summed E-state index contributed by atoms with van der Waals surface area (Å²) in [4.78, 5) is 13.0. The summed E-state index contributed by atoms with van der Waals surface area (Å²) >= 11 is 0. The molecule has 5 aliphatic carbocycles. The number of carboxylic acids is 1. The first-order chi connectivity index (χ1) is 24.8. The molecule has 2 saturated heterocycles. The summed E-state index contributed by atoms with van der Waals surface area (Å²) in [5.41, 5.74) is -0.287. The zero-order chi connectivity index (χ0) is 38.6. The van der Waals surface area contributed by atoms with Crippen LogP contribution in [0.25, 0.3) is 0 Å². The highest BCUT2D eigenvalue weighted by Gasteiger charge is 2.69. The molecule has 0 radical (unpaired) electrons. The Morgan fingerprint density at radius 3 is 2.09 bits per heavy atom. The summed E-state index contributed by atoms with van der Waals surface area (Å²) in [6.45, 7) is 12.5. The van der Waals surface area contributed by atoms with Crippen LogP contribution in [0.15, 0.2) is 11.6 Å². The van der Waals surface area contributed by atoms with Crippen LogP contribution in [0.4, 0.5) is 0 Å². The minimum Gasteiger partial charge on any atom is -0.481 e. The quantitative estimate of drug-likeness (QED) is 0.138. The van der Waals surface area contributed by atoms with E-state index < -0.39 is 86.0 Å². The van der Waals surface area contributed by atoms with E-state index in [9.17, 15) is 45.6 Å². The van der Waals surface area contributed by atoms with Gasteiger partial charge in [-0.3, -0.25) is 4.79 Å². The summed E-state index contributed by atoms with van der Waals surface area (Å²) in [5, 5.41) is 84.1. The lowest BCUT2D eigenvalue weighted by atomic mass is 9.34. The van der Waals surface area contributed by atoms with E-state index in [0.717, 1.165) is 32.1 Å². The molecule has 8 N–H and O–H groups in total. The zero-order valence-electron chi connectivity index (χ0n) is 32.1. The van der Waals surface area contributed by atoms with Crippen LogP contribution in [0.3, 0.4) is 0 Å². The van der Waals surface area contributed by atoms with E-state index in [1.54, 1.807) is 0 Å². The number of hydrogen-bond donors (Lipinski definition) is 8. The minimum absolute atomic E-state index is 0.0371. The van der Waals surface area contributed by atoms with Gasteiger partial charge in [0, 0.05) is 0 Å². The largest absolute Gasteiger partial charge is 0.481 e. The van der Waals surface area contributed by atoms with Gasteiger partial charge in [-0.1, -0.05) is 53.2 Å². The Bertz CT molecular complexity index is 1420. The van der Waals surface area contributed by atoms with Crippen LogP contribution >= 0.6 is 0 Å². The molecule has 19 atom stereocenters. The van der Waals surface area contributed by atoms with Crippen LogP contribution in [0.1, 0.15) is 99.3 Å². The van der Waals surface area contributed by atoms with Crippen molar-refractivity contribution in [3.05, 3.63) is 11.6 Å². The van der Waals surface area contributed by atoms with Gasteiger partial charge in [0.1, 0.15) is 42.7 Å². The number of aliphatic carboxylic acids is 1. The molecular formula is C40H64O13. The second kappa shape index (κ2) is 13.7. The van der Waals surface area contributed by atoms with Crippen molar-refractivity contribution in [2.45, 2.75) is 167 Å². The molecule has 0 bridgehead atoms. The fourth-order valence-corrected chi connectivity index (χ4v) is 13.0. The van der Waals surface area contributed by atoms with E-state index in [-0.39, 0.29) is 51.9 Å². The number of aliphatic hydroxyl groups is 7. The zero-order valence-corrected chi connectivity index (χ0v) is 32.1. The Kier molecular flexibility index (Phi) is 10.3. The van der Waals surface area contributed by atoms with Gasteiger partial charge < -0.3 is 59.8 Å². The molecule has 2 heterocycles. The van der Waals surface area contributed by atoms with E-state index >= 15 is 0 Å². The van der Waals surface area contributed by atoms with Crippen molar-refractivity contribution in [1.29, 1.82) is 0 Å². The lowest BCUT2D eigenvalue weighted by Crippen LogP contribution is -2.65. The first-order valence-corrected chi connectivity index (χ1v) is 20.0. The number of aliphatic hydroxyl groups excluding tert-OH is 7.